The van der Waals surface area contributed by atoms with Crippen molar-refractivity contribution in [2.45, 2.75) is 92.1 Å². The van der Waals surface area contributed by atoms with Crippen LogP contribution in [0.5, 0.6) is 5.75 Å². The number of Topliss-reactive ketones (excluding diaryl/α,β-unsaturated/α-hetero) is 4. The number of aromatic hydroxyl groups is 1. The third-order valence-electron chi connectivity index (χ3n) is 9.76. The molecule has 4 atom stereocenters. The Morgan fingerprint density at radius 3 is 2.26 bits per heavy atom. The molecule has 226 valence electrons. The van der Waals surface area contributed by atoms with Crippen LogP contribution in [0.4, 0.5) is 0 Å². The molecule has 0 saturated heterocycles. The van der Waals surface area contributed by atoms with Crippen molar-refractivity contribution in [3.63, 3.8) is 0 Å². The third-order valence-corrected chi connectivity index (χ3v) is 9.76. The minimum atomic E-state index is -2.66. The van der Waals surface area contributed by atoms with Crippen molar-refractivity contribution >= 4 is 28.9 Å². The van der Waals surface area contributed by atoms with Crippen molar-refractivity contribution < 1.29 is 39.6 Å². The summed E-state index contributed by atoms with van der Waals surface area (Å²) in [7, 11) is 0. The van der Waals surface area contributed by atoms with Gasteiger partial charge in [-0.1, -0.05) is 53.7 Å². The zero-order valence-electron chi connectivity index (χ0n) is 25.6. The number of hydrogen-bond donors (Lipinski definition) is 4. The number of hydrogen-bond acceptors (Lipinski definition) is 8. The van der Waals surface area contributed by atoms with Gasteiger partial charge in [0.15, 0.2) is 17.2 Å². The first kappa shape index (κ1) is 31.4. The standard InChI is InChI=1S/C34H42O8/c1-9-10-11-20(36)12-19-13-21(16(2)3)22-14-32(7)15-33(8)25(17(4)5)28(38)23(18(6)35)30(40)34(33,42)31(41)26(32)29(39)24(22)27(19)37/h9,13,16-17,25,37,39-40,42H,1,10-12,14-15H2,2-8H3/t25?,32-,33-,34+/m1/s1. The summed E-state index contributed by atoms with van der Waals surface area (Å²) < 4.78 is 0. The molecule has 0 heterocycles. The summed E-state index contributed by atoms with van der Waals surface area (Å²) in [6.07, 6.45) is 2.52. The van der Waals surface area contributed by atoms with Crippen molar-refractivity contribution in [3.8, 4) is 5.75 Å². The van der Waals surface area contributed by atoms with Gasteiger partial charge < -0.3 is 20.4 Å². The highest BCUT2D eigenvalue weighted by Gasteiger charge is 2.72. The fraction of sp³-hybridized carbons (Fsp3) is 0.529. The van der Waals surface area contributed by atoms with Crippen LogP contribution in [0.25, 0.3) is 5.76 Å². The van der Waals surface area contributed by atoms with Crippen molar-refractivity contribution in [1.82, 2.24) is 0 Å². The fourth-order valence-corrected chi connectivity index (χ4v) is 8.09. The summed E-state index contributed by atoms with van der Waals surface area (Å²) in [4.78, 5) is 53.3. The van der Waals surface area contributed by atoms with Gasteiger partial charge in [-0.2, -0.15) is 0 Å². The van der Waals surface area contributed by atoms with E-state index in [0.717, 1.165) is 12.5 Å². The number of phenolic OH excluding ortho intramolecular Hbond substituents is 1. The van der Waals surface area contributed by atoms with Crippen molar-refractivity contribution in [1.29, 1.82) is 0 Å². The first-order valence-corrected chi connectivity index (χ1v) is 14.6. The fourth-order valence-electron chi connectivity index (χ4n) is 8.09. The largest absolute Gasteiger partial charge is 0.508 e. The van der Waals surface area contributed by atoms with Gasteiger partial charge in [0.05, 0.1) is 5.56 Å². The Morgan fingerprint density at radius 2 is 1.74 bits per heavy atom. The summed E-state index contributed by atoms with van der Waals surface area (Å²) in [5.74, 6) is -5.76. The maximum absolute atomic E-state index is 14.5. The van der Waals surface area contributed by atoms with Gasteiger partial charge in [0, 0.05) is 40.7 Å². The van der Waals surface area contributed by atoms with Crippen LogP contribution < -0.4 is 0 Å². The average Bonchev–Trinajstić information content (AvgIpc) is 2.85. The van der Waals surface area contributed by atoms with E-state index in [-0.39, 0.29) is 60.2 Å². The molecule has 4 rings (SSSR count). The van der Waals surface area contributed by atoms with Gasteiger partial charge in [-0.3, -0.25) is 19.2 Å². The predicted octanol–water partition coefficient (Wildman–Crippen LogP) is 5.39. The van der Waals surface area contributed by atoms with Crippen LogP contribution in [0.2, 0.25) is 0 Å². The zero-order chi connectivity index (χ0) is 31.7. The molecule has 42 heavy (non-hydrogen) atoms. The highest BCUT2D eigenvalue weighted by Crippen LogP contribution is 2.65. The Balaban J connectivity index is 2.03. The van der Waals surface area contributed by atoms with E-state index >= 15 is 0 Å². The topological polar surface area (TPSA) is 149 Å². The first-order valence-electron chi connectivity index (χ1n) is 14.6. The molecule has 8 heteroatoms. The Hall–Kier alpha value is -3.52. The van der Waals surface area contributed by atoms with Crippen molar-refractivity contribution in [2.75, 3.05) is 0 Å². The number of aliphatic hydroxyl groups excluding tert-OH is 2. The molecular formula is C34H42O8. The molecule has 8 nitrogen and oxygen atoms in total. The molecule has 1 unspecified atom stereocenters. The lowest BCUT2D eigenvalue weighted by atomic mass is 9.43. The molecule has 4 N–H and O–H groups in total. The maximum Gasteiger partial charge on any atom is 0.203 e. The number of fused-ring (bicyclic) bond motifs is 3. The molecule has 1 aromatic carbocycles. The van der Waals surface area contributed by atoms with Crippen LogP contribution in [-0.2, 0) is 32.0 Å². The van der Waals surface area contributed by atoms with E-state index in [4.69, 9.17) is 0 Å². The zero-order valence-corrected chi connectivity index (χ0v) is 25.6. The number of carbonyl (C=O) groups excluding carboxylic acids is 4. The highest BCUT2D eigenvalue weighted by molar-refractivity contribution is 6.24. The van der Waals surface area contributed by atoms with Crippen LogP contribution in [0.1, 0.15) is 95.9 Å². The predicted molar refractivity (Wildman–Crippen MR) is 158 cm³/mol. The van der Waals surface area contributed by atoms with Crippen molar-refractivity contribution in [2.24, 2.45) is 22.7 Å². The molecule has 1 saturated carbocycles. The SMILES string of the molecule is C=CCCC(=O)Cc1cc(C(C)C)c2c(c1O)C(O)=C1C(=O)[C@@]3(O)C(O)=C(C(C)=O)C(=O)C(C(C)C)[C@@]3(C)C[C@@]1(C)C2. The monoisotopic (exact) mass is 578 g/mol. The molecule has 1 fully saturated rings. The Morgan fingerprint density at radius 1 is 1.12 bits per heavy atom. The summed E-state index contributed by atoms with van der Waals surface area (Å²) in [6.45, 7) is 15.6. The Bertz CT molecular complexity index is 1490. The third kappa shape index (κ3) is 4.21. The molecule has 0 amide bonds. The molecule has 0 bridgehead atoms. The van der Waals surface area contributed by atoms with Crippen LogP contribution in [0, 0.1) is 22.7 Å². The van der Waals surface area contributed by atoms with E-state index in [0.29, 0.717) is 17.5 Å². The van der Waals surface area contributed by atoms with Gasteiger partial charge in [0.1, 0.15) is 28.6 Å². The second-order valence-electron chi connectivity index (χ2n) is 13.5. The van der Waals surface area contributed by atoms with Crippen LogP contribution in [0.15, 0.2) is 35.6 Å². The van der Waals surface area contributed by atoms with Gasteiger partial charge in [0.2, 0.25) is 5.78 Å². The lowest BCUT2D eigenvalue weighted by Gasteiger charge is -2.60. The maximum atomic E-state index is 14.5. The first-order chi connectivity index (χ1) is 19.4. The molecule has 0 aromatic heterocycles. The average molecular weight is 579 g/mol. The van der Waals surface area contributed by atoms with E-state index in [9.17, 15) is 39.6 Å². The quantitative estimate of drug-likeness (QED) is 0.237. The molecule has 0 radical (unpaired) electrons. The van der Waals surface area contributed by atoms with Gasteiger partial charge in [-0.05, 0) is 49.1 Å². The second-order valence-corrected chi connectivity index (χ2v) is 13.5. The number of ketones is 4. The van der Waals surface area contributed by atoms with Crippen LogP contribution in [0.3, 0.4) is 0 Å². The van der Waals surface area contributed by atoms with Gasteiger partial charge in [-0.25, -0.2) is 0 Å². The number of benzene rings is 1. The van der Waals surface area contributed by atoms with E-state index in [1.165, 1.54) is 0 Å². The van der Waals surface area contributed by atoms with E-state index in [1.54, 1.807) is 39.8 Å². The number of rotatable bonds is 8. The molecule has 0 aliphatic heterocycles. The Kier molecular flexibility index (Phi) is 7.73. The number of allylic oxidation sites excluding steroid dienone is 2. The number of aliphatic hydroxyl groups is 3. The molecule has 1 aromatic rings. The number of phenols is 1. The molecule has 3 aliphatic rings. The lowest BCUT2D eigenvalue weighted by Crippen LogP contribution is -2.69. The summed E-state index contributed by atoms with van der Waals surface area (Å²) in [6, 6.07) is 1.78. The van der Waals surface area contributed by atoms with Crippen molar-refractivity contribution in [3.05, 3.63) is 57.9 Å². The van der Waals surface area contributed by atoms with E-state index in [1.807, 2.05) is 13.8 Å². The van der Waals surface area contributed by atoms with Crippen LogP contribution >= 0.6 is 0 Å². The molecule has 3 aliphatic carbocycles. The lowest BCUT2D eigenvalue weighted by molar-refractivity contribution is -0.178. The normalized spacial score (nSPS) is 29.0. The van der Waals surface area contributed by atoms with Crippen LogP contribution in [-0.4, -0.2) is 49.2 Å². The van der Waals surface area contributed by atoms with E-state index < -0.39 is 56.8 Å². The van der Waals surface area contributed by atoms with E-state index in [2.05, 4.69) is 6.58 Å². The molecule has 0 spiro atoms. The molecular weight excluding hydrogens is 536 g/mol. The Labute approximate surface area is 246 Å². The summed E-state index contributed by atoms with van der Waals surface area (Å²) in [5, 5.41) is 46.8. The highest BCUT2D eigenvalue weighted by atomic mass is 16.3. The minimum absolute atomic E-state index is 0.0308. The second kappa shape index (κ2) is 10.3. The minimum Gasteiger partial charge on any atom is -0.508 e. The number of carbonyl (C=O) groups is 4. The smallest absolute Gasteiger partial charge is 0.203 e. The van der Waals surface area contributed by atoms with Gasteiger partial charge in [0.25, 0.3) is 0 Å². The summed E-state index contributed by atoms with van der Waals surface area (Å²) in [5.41, 5.74) is -4.26. The summed E-state index contributed by atoms with van der Waals surface area (Å²) >= 11 is 0. The van der Waals surface area contributed by atoms with Gasteiger partial charge in [-0.15, -0.1) is 6.58 Å². The van der Waals surface area contributed by atoms with Gasteiger partial charge >= 0.3 is 0 Å².